The summed E-state index contributed by atoms with van der Waals surface area (Å²) in [5.74, 6) is -1.49. The van der Waals surface area contributed by atoms with Crippen LogP contribution in [0.25, 0.3) is 0 Å². The Kier molecular flexibility index (Phi) is 2.04. The molecule has 3 heterocycles. The first kappa shape index (κ1) is 9.84. The van der Waals surface area contributed by atoms with E-state index in [4.69, 9.17) is 9.47 Å². The fraction of sp³-hybridized carbons (Fsp3) is 0.636. The quantitative estimate of drug-likeness (QED) is 0.557. The average molecular weight is 223 g/mol. The molecule has 0 aliphatic carbocycles. The van der Waals surface area contributed by atoms with Gasteiger partial charge in [-0.25, -0.2) is 14.5 Å². The standard InChI is InChI=1S/C11H13NO4/c13-9-1-2-10(14)16-11(15-9)5-3-8-4-6-12(11)7-8/h1-2,8H,3-7H2. The van der Waals surface area contributed by atoms with Crippen LogP contribution in [0.2, 0.25) is 0 Å². The van der Waals surface area contributed by atoms with E-state index in [1.54, 1.807) is 0 Å². The molecule has 3 rings (SSSR count). The Bertz CT molecular complexity index is 356. The number of nitrogens with zero attached hydrogens (tertiary/aromatic N) is 1. The highest BCUT2D eigenvalue weighted by molar-refractivity contribution is 5.93. The number of carbonyl (C=O) groups is 2. The van der Waals surface area contributed by atoms with Gasteiger partial charge < -0.3 is 9.47 Å². The molecule has 2 fully saturated rings. The van der Waals surface area contributed by atoms with Crippen molar-refractivity contribution in [3.8, 4) is 0 Å². The zero-order chi connectivity index (χ0) is 11.2. The molecule has 0 radical (unpaired) electrons. The van der Waals surface area contributed by atoms with Crippen LogP contribution >= 0.6 is 0 Å². The van der Waals surface area contributed by atoms with Crippen LogP contribution in [0.3, 0.4) is 0 Å². The highest BCUT2D eigenvalue weighted by Gasteiger charge is 2.51. The van der Waals surface area contributed by atoms with E-state index in [-0.39, 0.29) is 0 Å². The lowest BCUT2D eigenvalue weighted by molar-refractivity contribution is -0.288. The number of carbonyl (C=O) groups excluding carboxylic acids is 2. The molecule has 16 heavy (non-hydrogen) atoms. The number of hydrogen-bond donors (Lipinski definition) is 0. The smallest absolute Gasteiger partial charge is 0.335 e. The molecule has 86 valence electrons. The lowest BCUT2D eigenvalue weighted by atomic mass is 9.98. The topological polar surface area (TPSA) is 55.8 Å². The minimum absolute atomic E-state index is 0.504. The molecule has 3 aliphatic rings. The van der Waals surface area contributed by atoms with Crippen molar-refractivity contribution in [3.05, 3.63) is 12.2 Å². The van der Waals surface area contributed by atoms with E-state index in [9.17, 15) is 9.59 Å². The minimum Gasteiger partial charge on any atom is -0.405 e. The first-order chi connectivity index (χ1) is 7.68. The number of hydrogen-bond acceptors (Lipinski definition) is 5. The van der Waals surface area contributed by atoms with Gasteiger partial charge in [0, 0.05) is 31.7 Å². The minimum atomic E-state index is -1.13. The highest BCUT2D eigenvalue weighted by atomic mass is 16.8. The zero-order valence-corrected chi connectivity index (χ0v) is 8.85. The zero-order valence-electron chi connectivity index (χ0n) is 8.85. The monoisotopic (exact) mass is 223 g/mol. The van der Waals surface area contributed by atoms with Crippen molar-refractivity contribution in [3.63, 3.8) is 0 Å². The molecule has 2 saturated heterocycles. The molecular formula is C11H13NO4. The molecule has 2 bridgehead atoms. The van der Waals surface area contributed by atoms with Crippen LogP contribution in [0.5, 0.6) is 0 Å². The lowest BCUT2D eigenvalue weighted by Gasteiger charge is -2.41. The average Bonchev–Trinajstić information content (AvgIpc) is 2.60. The summed E-state index contributed by atoms with van der Waals surface area (Å²) in [6, 6.07) is 0. The van der Waals surface area contributed by atoms with Crippen molar-refractivity contribution in [2.75, 3.05) is 13.1 Å². The second-order valence-electron chi connectivity index (χ2n) is 4.53. The summed E-state index contributed by atoms with van der Waals surface area (Å²) in [7, 11) is 0. The van der Waals surface area contributed by atoms with Crippen LogP contribution in [-0.4, -0.2) is 35.8 Å². The fourth-order valence-corrected chi connectivity index (χ4v) is 2.69. The van der Waals surface area contributed by atoms with Crippen molar-refractivity contribution >= 4 is 11.9 Å². The van der Waals surface area contributed by atoms with Gasteiger partial charge in [-0.05, 0) is 18.8 Å². The van der Waals surface area contributed by atoms with Gasteiger partial charge in [0.05, 0.1) is 0 Å². The van der Waals surface area contributed by atoms with Crippen molar-refractivity contribution in [1.29, 1.82) is 0 Å². The summed E-state index contributed by atoms with van der Waals surface area (Å²) in [5, 5.41) is 0. The molecule has 0 aromatic heterocycles. The molecule has 3 aliphatic heterocycles. The molecule has 2 unspecified atom stereocenters. The van der Waals surface area contributed by atoms with Gasteiger partial charge in [-0.3, -0.25) is 0 Å². The van der Waals surface area contributed by atoms with E-state index in [1.165, 1.54) is 0 Å². The summed E-state index contributed by atoms with van der Waals surface area (Å²) in [4.78, 5) is 24.8. The van der Waals surface area contributed by atoms with Crippen LogP contribution in [-0.2, 0) is 19.1 Å². The molecule has 0 saturated carbocycles. The van der Waals surface area contributed by atoms with E-state index in [1.807, 2.05) is 4.90 Å². The predicted molar refractivity (Wildman–Crippen MR) is 53.0 cm³/mol. The van der Waals surface area contributed by atoms with Crippen molar-refractivity contribution in [2.24, 2.45) is 5.92 Å². The van der Waals surface area contributed by atoms with Crippen LogP contribution < -0.4 is 0 Å². The summed E-state index contributed by atoms with van der Waals surface area (Å²) in [6.07, 6.45) is 4.86. The van der Waals surface area contributed by atoms with Gasteiger partial charge in [0.1, 0.15) is 0 Å². The molecule has 5 heteroatoms. The number of fused-ring (bicyclic) bond motifs is 3. The number of rotatable bonds is 0. The Hall–Kier alpha value is -1.36. The van der Waals surface area contributed by atoms with Crippen molar-refractivity contribution < 1.29 is 19.1 Å². The molecule has 0 N–H and O–H groups in total. The van der Waals surface area contributed by atoms with Crippen molar-refractivity contribution in [2.45, 2.75) is 25.2 Å². The molecule has 0 amide bonds. The highest BCUT2D eigenvalue weighted by Crippen LogP contribution is 2.40. The SMILES string of the molecule is O=C1C=CC(=O)OC2(CCC3CCN2C3)O1. The van der Waals surface area contributed by atoms with Gasteiger partial charge in [0.15, 0.2) is 0 Å². The molecule has 0 aromatic rings. The largest absolute Gasteiger partial charge is 0.405 e. The van der Waals surface area contributed by atoms with Crippen LogP contribution in [0.1, 0.15) is 19.3 Å². The molecule has 0 aromatic carbocycles. The van der Waals surface area contributed by atoms with Crippen LogP contribution in [0, 0.1) is 5.92 Å². The summed E-state index contributed by atoms with van der Waals surface area (Å²) in [5.41, 5.74) is 0. The van der Waals surface area contributed by atoms with Gasteiger partial charge in [0.25, 0.3) is 0 Å². The third kappa shape index (κ3) is 1.43. The van der Waals surface area contributed by atoms with E-state index in [2.05, 4.69) is 0 Å². The Labute approximate surface area is 93.0 Å². The summed E-state index contributed by atoms with van der Waals surface area (Å²) < 4.78 is 10.6. The molecule has 1 spiro atoms. The second kappa shape index (κ2) is 3.31. The van der Waals surface area contributed by atoms with E-state index in [0.717, 1.165) is 38.1 Å². The van der Waals surface area contributed by atoms with E-state index >= 15 is 0 Å². The number of ether oxygens (including phenoxy) is 2. The third-order valence-corrected chi connectivity index (χ3v) is 3.51. The Morgan fingerprint density at radius 1 is 1.19 bits per heavy atom. The van der Waals surface area contributed by atoms with Gasteiger partial charge in [-0.15, -0.1) is 0 Å². The maximum atomic E-state index is 11.4. The first-order valence-corrected chi connectivity index (χ1v) is 5.57. The number of piperidine rings is 1. The lowest BCUT2D eigenvalue weighted by Crippen LogP contribution is -2.55. The Morgan fingerprint density at radius 2 is 1.88 bits per heavy atom. The van der Waals surface area contributed by atoms with Gasteiger partial charge in [0.2, 0.25) is 0 Å². The Balaban J connectivity index is 1.91. The number of esters is 2. The van der Waals surface area contributed by atoms with Crippen LogP contribution in [0.15, 0.2) is 12.2 Å². The maximum Gasteiger partial charge on any atom is 0.335 e. The van der Waals surface area contributed by atoms with Crippen molar-refractivity contribution in [1.82, 2.24) is 4.90 Å². The summed E-state index contributed by atoms with van der Waals surface area (Å²) >= 11 is 0. The van der Waals surface area contributed by atoms with E-state index in [0.29, 0.717) is 12.3 Å². The second-order valence-corrected chi connectivity index (χ2v) is 4.53. The van der Waals surface area contributed by atoms with Gasteiger partial charge in [-0.1, -0.05) is 0 Å². The predicted octanol–water partition coefficient (Wildman–Crippen LogP) is 0.412. The fourth-order valence-electron chi connectivity index (χ4n) is 2.69. The normalized spacial score (nSPS) is 35.8. The van der Waals surface area contributed by atoms with Crippen LogP contribution in [0.4, 0.5) is 0 Å². The Morgan fingerprint density at radius 3 is 2.56 bits per heavy atom. The molecular weight excluding hydrogens is 210 g/mol. The van der Waals surface area contributed by atoms with Gasteiger partial charge >= 0.3 is 17.8 Å². The summed E-state index contributed by atoms with van der Waals surface area (Å²) in [6.45, 7) is 1.67. The van der Waals surface area contributed by atoms with Gasteiger partial charge in [-0.2, -0.15) is 0 Å². The third-order valence-electron chi connectivity index (χ3n) is 3.51. The first-order valence-electron chi connectivity index (χ1n) is 5.57. The maximum absolute atomic E-state index is 11.4. The van der Waals surface area contributed by atoms with E-state index < -0.39 is 17.8 Å². The molecule has 2 atom stereocenters. The molecule has 5 nitrogen and oxygen atoms in total.